The van der Waals surface area contributed by atoms with Crippen LogP contribution >= 0.6 is 34.8 Å². The Morgan fingerprint density at radius 2 is 1.87 bits per heavy atom. The number of rotatable bonds is 8. The van der Waals surface area contributed by atoms with Gasteiger partial charge in [-0.05, 0) is 29.3 Å². The molecule has 7 nitrogen and oxygen atoms in total. The van der Waals surface area contributed by atoms with E-state index in [2.05, 4.69) is 15.5 Å². The SMILES string of the molecule is COc1ccc(C=NNc2c(Cl)c(Cl)nc(C(=O)O)c2Cl)cc1OCc1ccccc1. The maximum Gasteiger partial charge on any atom is 0.356 e. The van der Waals surface area contributed by atoms with Gasteiger partial charge >= 0.3 is 5.97 Å². The predicted octanol–water partition coefficient (Wildman–Crippen LogP) is 5.77. The predicted molar refractivity (Wildman–Crippen MR) is 121 cm³/mol. The highest BCUT2D eigenvalue weighted by atomic mass is 35.5. The first-order valence-electron chi connectivity index (χ1n) is 8.82. The Morgan fingerprint density at radius 3 is 2.55 bits per heavy atom. The summed E-state index contributed by atoms with van der Waals surface area (Å²) in [4.78, 5) is 14.9. The quantitative estimate of drug-likeness (QED) is 0.241. The van der Waals surface area contributed by atoms with E-state index in [0.717, 1.165) is 5.56 Å². The highest BCUT2D eigenvalue weighted by molar-refractivity contribution is 6.46. The van der Waals surface area contributed by atoms with Crippen LogP contribution in [-0.4, -0.2) is 29.4 Å². The average molecular weight is 481 g/mol. The summed E-state index contributed by atoms with van der Waals surface area (Å²) in [5, 5.41) is 12.8. The minimum Gasteiger partial charge on any atom is -0.493 e. The third kappa shape index (κ3) is 5.58. The fourth-order valence-corrected chi connectivity index (χ4v) is 3.21. The molecule has 0 amide bonds. The Balaban J connectivity index is 1.79. The molecule has 0 atom stereocenters. The molecule has 0 fully saturated rings. The van der Waals surface area contributed by atoms with Crippen LogP contribution in [0.5, 0.6) is 11.5 Å². The molecule has 10 heteroatoms. The zero-order valence-corrected chi connectivity index (χ0v) is 18.4. The number of nitrogens with one attached hydrogen (secondary N) is 1. The third-order valence-corrected chi connectivity index (χ3v) is 5.16. The number of carboxylic acid groups (broad SMARTS) is 1. The van der Waals surface area contributed by atoms with Gasteiger partial charge in [0.05, 0.1) is 19.0 Å². The molecule has 2 N–H and O–H groups in total. The monoisotopic (exact) mass is 479 g/mol. The van der Waals surface area contributed by atoms with Crippen molar-refractivity contribution >= 4 is 52.7 Å². The van der Waals surface area contributed by atoms with Crippen LogP contribution in [0.1, 0.15) is 21.6 Å². The molecule has 0 aliphatic rings. The van der Waals surface area contributed by atoms with Crippen molar-refractivity contribution < 1.29 is 19.4 Å². The van der Waals surface area contributed by atoms with Crippen molar-refractivity contribution in [2.45, 2.75) is 6.61 Å². The molecule has 0 aliphatic heterocycles. The molecule has 0 bridgehead atoms. The zero-order chi connectivity index (χ0) is 22.4. The first-order chi connectivity index (χ1) is 14.9. The zero-order valence-electron chi connectivity index (χ0n) is 16.1. The summed E-state index contributed by atoms with van der Waals surface area (Å²) in [5.74, 6) is -0.239. The molecule has 1 heterocycles. The van der Waals surface area contributed by atoms with Crippen LogP contribution in [0.25, 0.3) is 0 Å². The minimum atomic E-state index is -1.34. The van der Waals surface area contributed by atoms with E-state index in [4.69, 9.17) is 44.3 Å². The second-order valence-corrected chi connectivity index (χ2v) is 7.23. The highest BCUT2D eigenvalue weighted by Gasteiger charge is 2.20. The van der Waals surface area contributed by atoms with Crippen LogP contribution in [-0.2, 0) is 6.61 Å². The maximum absolute atomic E-state index is 11.3. The van der Waals surface area contributed by atoms with Crippen molar-refractivity contribution in [2.24, 2.45) is 5.10 Å². The van der Waals surface area contributed by atoms with E-state index in [9.17, 15) is 9.90 Å². The molecule has 0 spiro atoms. The van der Waals surface area contributed by atoms with Gasteiger partial charge in [-0.3, -0.25) is 5.43 Å². The first-order valence-corrected chi connectivity index (χ1v) is 9.95. The molecule has 3 aromatic rings. The number of ether oxygens (including phenoxy) is 2. The molecule has 0 saturated carbocycles. The van der Waals surface area contributed by atoms with Gasteiger partial charge in [-0.25, -0.2) is 9.78 Å². The number of hydrogen-bond acceptors (Lipinski definition) is 6. The number of hydrazone groups is 1. The first kappa shape index (κ1) is 22.7. The molecule has 0 saturated heterocycles. The molecular weight excluding hydrogens is 465 g/mol. The normalized spacial score (nSPS) is 10.8. The lowest BCUT2D eigenvalue weighted by atomic mass is 10.2. The number of benzene rings is 2. The second-order valence-electron chi connectivity index (χ2n) is 6.11. The number of carboxylic acids is 1. The minimum absolute atomic E-state index is 0.0334. The van der Waals surface area contributed by atoms with Gasteiger partial charge in [0, 0.05) is 0 Å². The number of aromatic carboxylic acids is 1. The molecule has 3 rings (SSSR count). The lowest BCUT2D eigenvalue weighted by molar-refractivity contribution is 0.0691. The van der Waals surface area contributed by atoms with Crippen LogP contribution in [0.3, 0.4) is 0 Å². The standard InChI is InChI=1S/C21H16Cl3N3O4/c1-30-14-8-7-13(9-15(14)31-11-12-5-3-2-4-6-12)10-25-27-18-16(22)19(21(28)29)26-20(24)17(18)23/h2-10H,11H2,1H3,(H,26,27)(H,28,29). The van der Waals surface area contributed by atoms with Crippen molar-refractivity contribution in [3.8, 4) is 11.5 Å². The van der Waals surface area contributed by atoms with Crippen molar-refractivity contribution in [1.82, 2.24) is 4.98 Å². The van der Waals surface area contributed by atoms with Gasteiger partial charge in [-0.1, -0.05) is 65.1 Å². The summed E-state index contributed by atoms with van der Waals surface area (Å²) >= 11 is 18.0. The van der Waals surface area contributed by atoms with Gasteiger partial charge in [0.25, 0.3) is 0 Å². The van der Waals surface area contributed by atoms with Crippen molar-refractivity contribution in [3.05, 3.63) is 80.6 Å². The molecule has 2 aromatic carbocycles. The molecule has 1 aromatic heterocycles. The smallest absolute Gasteiger partial charge is 0.356 e. The number of hydrogen-bond donors (Lipinski definition) is 2. The van der Waals surface area contributed by atoms with Crippen LogP contribution in [0.2, 0.25) is 15.2 Å². The molecule has 0 aliphatic carbocycles. The Bertz CT molecular complexity index is 1120. The molecule has 0 unspecified atom stereocenters. The van der Waals surface area contributed by atoms with E-state index in [-0.39, 0.29) is 20.9 Å². The number of anilines is 1. The Hall–Kier alpha value is -3.00. The topological polar surface area (TPSA) is 93.0 Å². The van der Waals surface area contributed by atoms with E-state index < -0.39 is 11.7 Å². The molecule has 160 valence electrons. The lowest BCUT2D eigenvalue weighted by Crippen LogP contribution is -2.05. The van der Waals surface area contributed by atoms with E-state index in [1.807, 2.05) is 30.3 Å². The van der Waals surface area contributed by atoms with Crippen LogP contribution < -0.4 is 14.9 Å². The number of carbonyl (C=O) groups is 1. The van der Waals surface area contributed by atoms with Gasteiger partial charge in [-0.15, -0.1) is 0 Å². The fourth-order valence-electron chi connectivity index (χ4n) is 2.55. The van der Waals surface area contributed by atoms with Crippen LogP contribution in [0.15, 0.2) is 53.6 Å². The van der Waals surface area contributed by atoms with Crippen LogP contribution in [0.4, 0.5) is 5.69 Å². The number of nitrogens with zero attached hydrogens (tertiary/aromatic N) is 2. The van der Waals surface area contributed by atoms with Gasteiger partial charge in [0.1, 0.15) is 16.7 Å². The fraction of sp³-hybridized carbons (Fsp3) is 0.0952. The van der Waals surface area contributed by atoms with Gasteiger partial charge < -0.3 is 14.6 Å². The Labute approximate surface area is 193 Å². The number of halogens is 3. The maximum atomic E-state index is 11.3. The highest BCUT2D eigenvalue weighted by Crippen LogP contribution is 2.37. The summed E-state index contributed by atoms with van der Waals surface area (Å²) in [5.41, 5.74) is 3.91. The van der Waals surface area contributed by atoms with Crippen molar-refractivity contribution in [2.75, 3.05) is 12.5 Å². The largest absolute Gasteiger partial charge is 0.493 e. The van der Waals surface area contributed by atoms with E-state index >= 15 is 0 Å². The number of aromatic nitrogens is 1. The Morgan fingerprint density at radius 1 is 1.13 bits per heavy atom. The van der Waals surface area contributed by atoms with Gasteiger partial charge in [0.2, 0.25) is 0 Å². The van der Waals surface area contributed by atoms with Gasteiger partial charge in [0.15, 0.2) is 22.3 Å². The van der Waals surface area contributed by atoms with Crippen molar-refractivity contribution in [1.29, 1.82) is 0 Å². The number of methoxy groups -OCH3 is 1. The van der Waals surface area contributed by atoms with E-state index in [1.54, 1.807) is 25.3 Å². The summed E-state index contributed by atoms with van der Waals surface area (Å²) in [6, 6.07) is 15.0. The van der Waals surface area contributed by atoms with E-state index in [1.165, 1.54) is 6.21 Å². The average Bonchev–Trinajstić information content (AvgIpc) is 2.77. The molecule has 0 radical (unpaired) electrons. The Kier molecular flexibility index (Phi) is 7.57. The summed E-state index contributed by atoms with van der Waals surface area (Å²) in [6.45, 7) is 0.370. The second kappa shape index (κ2) is 10.3. The van der Waals surface area contributed by atoms with Gasteiger partial charge in [-0.2, -0.15) is 5.10 Å². The number of pyridine rings is 1. The molecule has 31 heavy (non-hydrogen) atoms. The summed E-state index contributed by atoms with van der Waals surface area (Å²) < 4.78 is 11.2. The van der Waals surface area contributed by atoms with Crippen LogP contribution in [0, 0.1) is 0 Å². The van der Waals surface area contributed by atoms with E-state index in [0.29, 0.717) is 23.7 Å². The summed E-state index contributed by atoms with van der Waals surface area (Å²) in [7, 11) is 1.55. The third-order valence-electron chi connectivity index (χ3n) is 4.06. The van der Waals surface area contributed by atoms with Crippen molar-refractivity contribution in [3.63, 3.8) is 0 Å². The summed E-state index contributed by atoms with van der Waals surface area (Å²) in [6.07, 6.45) is 1.48. The molecular formula is C21H16Cl3N3O4. The lowest BCUT2D eigenvalue weighted by Gasteiger charge is -2.12.